The number of carbonyl (C=O) groups is 2. The third-order valence-electron chi connectivity index (χ3n) is 4.17. The van der Waals surface area contributed by atoms with Gasteiger partial charge in [0.25, 0.3) is 5.91 Å². The van der Waals surface area contributed by atoms with Crippen LogP contribution in [0.4, 0.5) is 0 Å². The number of nitrogens with one attached hydrogen (secondary N) is 1. The zero-order chi connectivity index (χ0) is 17.8. The van der Waals surface area contributed by atoms with E-state index in [-0.39, 0.29) is 23.8 Å². The molecule has 0 aliphatic carbocycles. The number of rotatable bonds is 4. The van der Waals surface area contributed by atoms with Gasteiger partial charge in [-0.2, -0.15) is 0 Å². The van der Waals surface area contributed by atoms with Crippen molar-refractivity contribution in [1.82, 2.24) is 10.2 Å². The molecular formula is C18H21ClN2O3S. The molecule has 0 radical (unpaired) electrons. The summed E-state index contributed by atoms with van der Waals surface area (Å²) in [6.07, 6.45) is 0.575. The number of hydrogen-bond acceptors (Lipinski definition) is 4. The van der Waals surface area contributed by atoms with Crippen molar-refractivity contribution in [2.75, 3.05) is 32.1 Å². The fourth-order valence-electron chi connectivity index (χ4n) is 2.90. The third-order valence-corrected chi connectivity index (χ3v) is 5.51. The second kappa shape index (κ2) is 8.17. The van der Waals surface area contributed by atoms with Gasteiger partial charge in [-0.15, -0.1) is 22.9 Å². The topological polar surface area (TPSA) is 58.6 Å². The van der Waals surface area contributed by atoms with E-state index in [1.165, 1.54) is 16.9 Å². The number of halogens is 1. The second-order valence-corrected chi connectivity index (χ2v) is 7.54. The summed E-state index contributed by atoms with van der Waals surface area (Å²) in [5.74, 6) is -0.276. The number of hydrogen-bond donors (Lipinski definition) is 1. The maximum absolute atomic E-state index is 12.9. The van der Waals surface area contributed by atoms with Crippen LogP contribution in [0.5, 0.6) is 0 Å². The minimum Gasteiger partial charge on any atom is -0.374 e. The first-order valence-corrected chi connectivity index (χ1v) is 9.65. The highest BCUT2D eigenvalue weighted by molar-refractivity contribution is 7.20. The molecule has 3 rings (SSSR count). The van der Waals surface area contributed by atoms with Gasteiger partial charge in [0.1, 0.15) is 5.88 Å². The molecule has 1 aliphatic heterocycles. The number of alkyl halides is 1. The zero-order valence-corrected chi connectivity index (χ0v) is 15.7. The Balaban J connectivity index is 1.71. The highest BCUT2D eigenvalue weighted by Crippen LogP contribution is 2.27. The molecule has 1 aliphatic rings. The summed E-state index contributed by atoms with van der Waals surface area (Å²) in [6, 6.07) is 8.18. The van der Waals surface area contributed by atoms with Crippen LogP contribution in [0.15, 0.2) is 24.3 Å². The molecule has 2 aromatic rings. The summed E-state index contributed by atoms with van der Waals surface area (Å²) in [6.45, 7) is 4.11. The molecule has 0 spiro atoms. The highest BCUT2D eigenvalue weighted by atomic mass is 35.5. The quantitative estimate of drug-likeness (QED) is 0.830. The molecule has 1 aromatic carbocycles. The number of carbonyl (C=O) groups excluding carboxylic acids is 2. The molecule has 1 unspecified atom stereocenters. The molecule has 2 amide bonds. The normalized spacial score (nSPS) is 18.2. The summed E-state index contributed by atoms with van der Waals surface area (Å²) in [5.41, 5.74) is 1.18. The van der Waals surface area contributed by atoms with E-state index in [0.717, 1.165) is 21.4 Å². The van der Waals surface area contributed by atoms with Gasteiger partial charge in [-0.25, -0.2) is 0 Å². The van der Waals surface area contributed by atoms with Gasteiger partial charge >= 0.3 is 0 Å². The van der Waals surface area contributed by atoms with Crippen LogP contribution in [0.2, 0.25) is 0 Å². The lowest BCUT2D eigenvalue weighted by Gasteiger charge is -2.23. The van der Waals surface area contributed by atoms with E-state index < -0.39 is 0 Å². The summed E-state index contributed by atoms with van der Waals surface area (Å²) in [4.78, 5) is 26.8. The Hall–Kier alpha value is -1.63. The van der Waals surface area contributed by atoms with Gasteiger partial charge in [-0.1, -0.05) is 17.7 Å². The molecule has 2 heterocycles. The van der Waals surface area contributed by atoms with Gasteiger partial charge in [-0.3, -0.25) is 9.59 Å². The number of ether oxygens (including phenoxy) is 1. The smallest absolute Gasteiger partial charge is 0.264 e. The molecule has 1 N–H and O–H groups in total. The monoisotopic (exact) mass is 380 g/mol. The maximum Gasteiger partial charge on any atom is 0.264 e. The van der Waals surface area contributed by atoms with E-state index in [0.29, 0.717) is 26.2 Å². The third kappa shape index (κ3) is 4.51. The molecule has 1 fully saturated rings. The summed E-state index contributed by atoms with van der Waals surface area (Å²) in [5, 5.41) is 3.83. The largest absolute Gasteiger partial charge is 0.374 e. The molecule has 134 valence electrons. The number of fused-ring (bicyclic) bond motifs is 1. The lowest BCUT2D eigenvalue weighted by atomic mass is 10.2. The van der Waals surface area contributed by atoms with Crippen molar-refractivity contribution in [3.63, 3.8) is 0 Å². The van der Waals surface area contributed by atoms with Crippen molar-refractivity contribution in [3.8, 4) is 0 Å². The second-order valence-electron chi connectivity index (χ2n) is 6.19. The lowest BCUT2D eigenvalue weighted by Crippen LogP contribution is -2.42. The van der Waals surface area contributed by atoms with Crippen molar-refractivity contribution in [2.45, 2.75) is 19.4 Å². The Morgan fingerprint density at radius 3 is 3.04 bits per heavy atom. The molecule has 0 bridgehead atoms. The zero-order valence-electron chi connectivity index (χ0n) is 14.1. The average Bonchev–Trinajstić information content (AvgIpc) is 2.88. The first kappa shape index (κ1) is 18.2. The fourth-order valence-corrected chi connectivity index (χ4v) is 4.01. The van der Waals surface area contributed by atoms with Crippen molar-refractivity contribution >= 4 is 44.8 Å². The molecule has 1 saturated heterocycles. The Labute approximate surface area is 155 Å². The van der Waals surface area contributed by atoms with Crippen molar-refractivity contribution in [2.24, 2.45) is 0 Å². The number of nitrogens with zero attached hydrogens (tertiary/aromatic N) is 1. The minimum atomic E-state index is -0.229. The Morgan fingerprint density at radius 2 is 2.24 bits per heavy atom. The molecule has 1 atom stereocenters. The van der Waals surface area contributed by atoms with Gasteiger partial charge in [0.05, 0.1) is 11.0 Å². The van der Waals surface area contributed by atoms with Gasteiger partial charge < -0.3 is 15.0 Å². The Bertz CT molecular complexity index is 777. The van der Waals surface area contributed by atoms with Gasteiger partial charge in [0.2, 0.25) is 5.91 Å². The van der Waals surface area contributed by atoms with Crippen molar-refractivity contribution in [1.29, 1.82) is 0 Å². The molecule has 5 nitrogen and oxygen atoms in total. The predicted molar refractivity (Wildman–Crippen MR) is 101 cm³/mol. The van der Waals surface area contributed by atoms with Crippen LogP contribution < -0.4 is 5.32 Å². The maximum atomic E-state index is 12.9. The van der Waals surface area contributed by atoms with Gasteiger partial charge in [0, 0.05) is 30.9 Å². The highest BCUT2D eigenvalue weighted by Gasteiger charge is 2.25. The van der Waals surface area contributed by atoms with E-state index in [1.807, 2.05) is 17.9 Å². The van der Waals surface area contributed by atoms with Gasteiger partial charge in [-0.05, 0) is 30.9 Å². The predicted octanol–water partition coefficient (Wildman–Crippen LogP) is 2.80. The van der Waals surface area contributed by atoms with E-state index in [1.54, 1.807) is 0 Å². The van der Waals surface area contributed by atoms with Crippen LogP contribution in [0, 0.1) is 6.92 Å². The first-order valence-electron chi connectivity index (χ1n) is 8.30. The minimum absolute atomic E-state index is 0.0259. The van der Waals surface area contributed by atoms with Crippen LogP contribution in [0.25, 0.3) is 10.1 Å². The van der Waals surface area contributed by atoms with Gasteiger partial charge in [0.15, 0.2) is 0 Å². The standard InChI is InChI=1S/C18H21ClN2O3S/c1-12-3-4-15-13(7-12)8-16(25-15)18(23)21-5-2-6-24-14(11-21)10-20-17(22)9-19/h3-4,7-8,14H,2,5-6,9-11H2,1H3,(H,20,22). The van der Waals surface area contributed by atoms with Crippen LogP contribution in [-0.2, 0) is 9.53 Å². The van der Waals surface area contributed by atoms with Crippen LogP contribution in [-0.4, -0.2) is 54.9 Å². The molecule has 25 heavy (non-hydrogen) atoms. The van der Waals surface area contributed by atoms with E-state index in [9.17, 15) is 9.59 Å². The number of aryl methyl sites for hydroxylation is 1. The average molecular weight is 381 g/mol. The molecule has 1 aromatic heterocycles. The van der Waals surface area contributed by atoms with E-state index >= 15 is 0 Å². The van der Waals surface area contributed by atoms with Crippen molar-refractivity contribution < 1.29 is 14.3 Å². The first-order chi connectivity index (χ1) is 12.1. The molecule has 7 heteroatoms. The van der Waals surface area contributed by atoms with Crippen LogP contribution >= 0.6 is 22.9 Å². The number of amides is 2. The summed E-state index contributed by atoms with van der Waals surface area (Å²) < 4.78 is 6.86. The Kier molecular flexibility index (Phi) is 5.93. The van der Waals surface area contributed by atoms with Crippen molar-refractivity contribution in [3.05, 3.63) is 34.7 Å². The molecule has 0 saturated carbocycles. The SMILES string of the molecule is Cc1ccc2sc(C(=O)N3CCCOC(CNC(=O)CCl)C3)cc2c1. The number of benzene rings is 1. The van der Waals surface area contributed by atoms with Crippen LogP contribution in [0.1, 0.15) is 21.7 Å². The van der Waals surface area contributed by atoms with E-state index in [2.05, 4.69) is 23.5 Å². The summed E-state index contributed by atoms with van der Waals surface area (Å²) in [7, 11) is 0. The lowest BCUT2D eigenvalue weighted by molar-refractivity contribution is -0.119. The Morgan fingerprint density at radius 1 is 1.40 bits per heavy atom. The summed E-state index contributed by atoms with van der Waals surface area (Å²) >= 11 is 7.01. The molecular weight excluding hydrogens is 360 g/mol. The fraction of sp³-hybridized carbons (Fsp3) is 0.444. The van der Waals surface area contributed by atoms with E-state index in [4.69, 9.17) is 16.3 Å². The van der Waals surface area contributed by atoms with Crippen LogP contribution in [0.3, 0.4) is 0 Å². The number of thiophene rings is 1.